The van der Waals surface area contributed by atoms with Gasteiger partial charge in [0.25, 0.3) is 0 Å². The van der Waals surface area contributed by atoms with Crippen LogP contribution in [-0.4, -0.2) is 30.3 Å². The monoisotopic (exact) mass is 207 g/mol. The first-order valence-electron chi connectivity index (χ1n) is 5.05. The summed E-state index contributed by atoms with van der Waals surface area (Å²) in [7, 11) is 0. The minimum absolute atomic E-state index is 0.0746. The fourth-order valence-electron chi connectivity index (χ4n) is 1.51. The molecule has 1 fully saturated rings. The first-order chi connectivity index (χ1) is 7.36. The van der Waals surface area contributed by atoms with Crippen LogP contribution in [0.25, 0.3) is 0 Å². The Labute approximate surface area is 88.2 Å². The SMILES string of the molecule is O=C(OC[C@@H]1CCCO1)c1cccnc1. The summed E-state index contributed by atoms with van der Waals surface area (Å²) >= 11 is 0. The van der Waals surface area contributed by atoms with Gasteiger partial charge in [-0.2, -0.15) is 0 Å². The lowest BCUT2D eigenvalue weighted by Crippen LogP contribution is -2.17. The summed E-state index contributed by atoms with van der Waals surface area (Å²) < 4.78 is 10.5. The van der Waals surface area contributed by atoms with Crippen LogP contribution in [-0.2, 0) is 9.47 Å². The van der Waals surface area contributed by atoms with Gasteiger partial charge in [0.05, 0.1) is 11.7 Å². The molecular weight excluding hydrogens is 194 g/mol. The van der Waals surface area contributed by atoms with Crippen molar-refractivity contribution in [2.45, 2.75) is 18.9 Å². The maximum absolute atomic E-state index is 11.5. The Morgan fingerprint density at radius 2 is 2.60 bits per heavy atom. The highest BCUT2D eigenvalue weighted by Gasteiger charge is 2.17. The summed E-state index contributed by atoms with van der Waals surface area (Å²) in [4.78, 5) is 15.3. The van der Waals surface area contributed by atoms with Gasteiger partial charge in [-0.25, -0.2) is 4.79 Å². The molecule has 0 aromatic carbocycles. The predicted molar refractivity (Wildman–Crippen MR) is 53.5 cm³/mol. The van der Waals surface area contributed by atoms with Gasteiger partial charge in [-0.05, 0) is 25.0 Å². The highest BCUT2D eigenvalue weighted by Crippen LogP contribution is 2.12. The van der Waals surface area contributed by atoms with Crippen molar-refractivity contribution in [1.29, 1.82) is 0 Å². The van der Waals surface area contributed by atoms with Gasteiger partial charge in [0.15, 0.2) is 0 Å². The van der Waals surface area contributed by atoms with Crippen molar-refractivity contribution in [1.82, 2.24) is 4.98 Å². The number of pyridine rings is 1. The number of hydrogen-bond donors (Lipinski definition) is 0. The fraction of sp³-hybridized carbons (Fsp3) is 0.455. The summed E-state index contributed by atoms with van der Waals surface area (Å²) in [6.07, 6.45) is 5.22. The molecule has 0 saturated carbocycles. The van der Waals surface area contributed by atoms with Crippen molar-refractivity contribution in [3.63, 3.8) is 0 Å². The Kier molecular flexibility index (Phi) is 3.29. The normalized spacial score (nSPS) is 20.1. The quantitative estimate of drug-likeness (QED) is 0.703. The molecule has 1 aromatic rings. The van der Waals surface area contributed by atoms with E-state index in [0.717, 1.165) is 19.4 Å². The van der Waals surface area contributed by atoms with E-state index < -0.39 is 0 Å². The standard InChI is InChI=1S/C11H13NO3/c13-11(9-3-1-5-12-7-9)15-8-10-4-2-6-14-10/h1,3,5,7,10H,2,4,6,8H2/t10-/m0/s1. The smallest absolute Gasteiger partial charge is 0.339 e. The third-order valence-corrected chi connectivity index (χ3v) is 2.32. The van der Waals surface area contributed by atoms with Crippen LogP contribution >= 0.6 is 0 Å². The van der Waals surface area contributed by atoms with Gasteiger partial charge in [0, 0.05) is 19.0 Å². The number of esters is 1. The molecule has 80 valence electrons. The van der Waals surface area contributed by atoms with Crippen LogP contribution in [0.5, 0.6) is 0 Å². The van der Waals surface area contributed by atoms with E-state index in [1.165, 1.54) is 6.20 Å². The second kappa shape index (κ2) is 4.89. The third-order valence-electron chi connectivity index (χ3n) is 2.32. The number of aromatic nitrogens is 1. The van der Waals surface area contributed by atoms with Gasteiger partial charge in [0.1, 0.15) is 6.61 Å². The topological polar surface area (TPSA) is 48.4 Å². The molecule has 0 bridgehead atoms. The molecule has 1 atom stereocenters. The van der Waals surface area contributed by atoms with Crippen LogP contribution in [0.1, 0.15) is 23.2 Å². The van der Waals surface area contributed by atoms with Gasteiger partial charge in [0.2, 0.25) is 0 Å². The van der Waals surface area contributed by atoms with Gasteiger partial charge in [-0.3, -0.25) is 4.98 Å². The lowest BCUT2D eigenvalue weighted by Gasteiger charge is -2.09. The number of carbonyl (C=O) groups excluding carboxylic acids is 1. The molecule has 0 aliphatic carbocycles. The van der Waals surface area contributed by atoms with E-state index in [1.54, 1.807) is 18.3 Å². The van der Waals surface area contributed by atoms with Gasteiger partial charge >= 0.3 is 5.97 Å². The molecule has 0 amide bonds. The van der Waals surface area contributed by atoms with E-state index in [0.29, 0.717) is 12.2 Å². The highest BCUT2D eigenvalue weighted by molar-refractivity contribution is 5.88. The van der Waals surface area contributed by atoms with Crippen molar-refractivity contribution >= 4 is 5.97 Å². The van der Waals surface area contributed by atoms with Crippen LogP contribution in [0.15, 0.2) is 24.5 Å². The fourth-order valence-corrected chi connectivity index (χ4v) is 1.51. The van der Waals surface area contributed by atoms with Crippen molar-refractivity contribution in [2.75, 3.05) is 13.2 Å². The Morgan fingerprint density at radius 1 is 1.67 bits per heavy atom. The Bertz CT molecular complexity index is 320. The van der Waals surface area contributed by atoms with Crippen LogP contribution in [0, 0.1) is 0 Å². The van der Waals surface area contributed by atoms with Crippen LogP contribution in [0.4, 0.5) is 0 Å². The zero-order chi connectivity index (χ0) is 10.5. The number of ether oxygens (including phenoxy) is 2. The molecule has 15 heavy (non-hydrogen) atoms. The zero-order valence-corrected chi connectivity index (χ0v) is 8.39. The Balaban J connectivity index is 1.82. The van der Waals surface area contributed by atoms with Crippen LogP contribution in [0.3, 0.4) is 0 Å². The van der Waals surface area contributed by atoms with Crippen molar-refractivity contribution in [3.05, 3.63) is 30.1 Å². The highest BCUT2D eigenvalue weighted by atomic mass is 16.6. The molecule has 2 heterocycles. The second-order valence-corrected chi connectivity index (χ2v) is 3.48. The summed E-state index contributed by atoms with van der Waals surface area (Å²) in [5.41, 5.74) is 0.482. The largest absolute Gasteiger partial charge is 0.459 e. The minimum atomic E-state index is -0.335. The molecule has 0 spiro atoms. The van der Waals surface area contributed by atoms with E-state index in [2.05, 4.69) is 4.98 Å². The van der Waals surface area contributed by atoms with Crippen LogP contribution < -0.4 is 0 Å². The molecule has 0 unspecified atom stereocenters. The molecule has 4 nitrogen and oxygen atoms in total. The van der Waals surface area contributed by atoms with Crippen LogP contribution in [0.2, 0.25) is 0 Å². The maximum Gasteiger partial charge on any atom is 0.339 e. The number of rotatable bonds is 3. The molecule has 1 aliphatic rings. The summed E-state index contributed by atoms with van der Waals surface area (Å²) in [5, 5.41) is 0. The summed E-state index contributed by atoms with van der Waals surface area (Å²) in [6.45, 7) is 1.11. The number of nitrogens with zero attached hydrogens (tertiary/aromatic N) is 1. The molecule has 0 N–H and O–H groups in total. The maximum atomic E-state index is 11.5. The van der Waals surface area contributed by atoms with E-state index in [4.69, 9.17) is 9.47 Å². The van der Waals surface area contributed by atoms with Gasteiger partial charge in [-0.15, -0.1) is 0 Å². The summed E-state index contributed by atoms with van der Waals surface area (Å²) in [6, 6.07) is 3.40. The predicted octanol–water partition coefficient (Wildman–Crippen LogP) is 1.42. The molecule has 1 aromatic heterocycles. The van der Waals surface area contributed by atoms with Crippen molar-refractivity contribution in [3.8, 4) is 0 Å². The van der Waals surface area contributed by atoms with Crippen molar-refractivity contribution < 1.29 is 14.3 Å². The van der Waals surface area contributed by atoms with E-state index in [-0.39, 0.29) is 12.1 Å². The molecular formula is C11H13NO3. The molecule has 1 aliphatic heterocycles. The first-order valence-corrected chi connectivity index (χ1v) is 5.05. The second-order valence-electron chi connectivity index (χ2n) is 3.48. The third kappa shape index (κ3) is 2.76. The number of carbonyl (C=O) groups is 1. The minimum Gasteiger partial charge on any atom is -0.459 e. The Morgan fingerprint density at radius 3 is 3.27 bits per heavy atom. The average molecular weight is 207 g/mol. The van der Waals surface area contributed by atoms with Crippen molar-refractivity contribution in [2.24, 2.45) is 0 Å². The summed E-state index contributed by atoms with van der Waals surface area (Å²) in [5.74, 6) is -0.335. The average Bonchev–Trinajstić information content (AvgIpc) is 2.80. The van der Waals surface area contributed by atoms with Gasteiger partial charge < -0.3 is 9.47 Å². The van der Waals surface area contributed by atoms with E-state index in [9.17, 15) is 4.79 Å². The molecule has 2 rings (SSSR count). The zero-order valence-electron chi connectivity index (χ0n) is 8.39. The van der Waals surface area contributed by atoms with E-state index in [1.807, 2.05) is 0 Å². The Hall–Kier alpha value is -1.42. The van der Waals surface area contributed by atoms with E-state index >= 15 is 0 Å². The molecule has 1 saturated heterocycles. The molecule has 4 heteroatoms. The lowest BCUT2D eigenvalue weighted by atomic mass is 10.2. The molecule has 0 radical (unpaired) electrons. The van der Waals surface area contributed by atoms with Gasteiger partial charge in [-0.1, -0.05) is 0 Å². The lowest BCUT2D eigenvalue weighted by molar-refractivity contribution is 0.0161. The number of hydrogen-bond acceptors (Lipinski definition) is 4. The first kappa shape index (κ1) is 10.1.